The molecule has 0 spiro atoms. The van der Waals surface area contributed by atoms with Crippen LogP contribution in [0.5, 0.6) is 0 Å². The van der Waals surface area contributed by atoms with Crippen LogP contribution in [0, 0.1) is 11.3 Å². The Balaban J connectivity index is 1.42. The third kappa shape index (κ3) is 3.86. The zero-order chi connectivity index (χ0) is 19.6. The van der Waals surface area contributed by atoms with Gasteiger partial charge < -0.3 is 10.6 Å². The Morgan fingerprint density at radius 2 is 1.79 bits per heavy atom. The first-order valence-electron chi connectivity index (χ1n) is 10.7. The van der Waals surface area contributed by atoms with Crippen molar-refractivity contribution in [1.29, 1.82) is 0 Å². The van der Waals surface area contributed by atoms with Crippen molar-refractivity contribution in [3.05, 3.63) is 71.8 Å². The van der Waals surface area contributed by atoms with Crippen molar-refractivity contribution in [3.8, 4) is 0 Å². The lowest BCUT2D eigenvalue weighted by Crippen LogP contribution is -2.48. The molecule has 2 bridgehead atoms. The van der Waals surface area contributed by atoms with Crippen LogP contribution in [0.2, 0.25) is 0 Å². The van der Waals surface area contributed by atoms with E-state index in [4.69, 9.17) is 5.73 Å². The number of nitrogens with two attached hydrogens (primary N) is 1. The van der Waals surface area contributed by atoms with Crippen LogP contribution in [0.15, 0.2) is 60.7 Å². The van der Waals surface area contributed by atoms with Crippen LogP contribution in [0.25, 0.3) is 0 Å². The molecule has 4 atom stereocenters. The molecule has 4 rings (SSSR count). The molecule has 0 heterocycles. The van der Waals surface area contributed by atoms with E-state index in [0.29, 0.717) is 12.3 Å². The molecular formula is C25H32N2O. The maximum absolute atomic E-state index is 13.1. The first-order chi connectivity index (χ1) is 13.6. The maximum Gasteiger partial charge on any atom is 0.239 e. The van der Waals surface area contributed by atoms with E-state index in [2.05, 4.69) is 37.3 Å². The van der Waals surface area contributed by atoms with E-state index in [0.717, 1.165) is 24.6 Å². The van der Waals surface area contributed by atoms with E-state index >= 15 is 0 Å². The molecule has 1 amide bonds. The second-order valence-corrected chi connectivity index (χ2v) is 8.87. The molecule has 0 aromatic heterocycles. The summed E-state index contributed by atoms with van der Waals surface area (Å²) in [4.78, 5) is 15.1. The summed E-state index contributed by atoms with van der Waals surface area (Å²) in [5.41, 5.74) is 9.21. The predicted octanol–water partition coefficient (Wildman–Crippen LogP) is 4.38. The molecule has 2 saturated carbocycles. The first kappa shape index (κ1) is 19.2. The molecule has 2 aliphatic rings. The molecule has 28 heavy (non-hydrogen) atoms. The van der Waals surface area contributed by atoms with Crippen molar-refractivity contribution < 1.29 is 4.79 Å². The molecule has 3 nitrogen and oxygen atoms in total. The molecule has 3 heteroatoms. The number of likely N-dealkylation sites (N-methyl/N-ethyl adjacent to an activating group) is 1. The highest BCUT2D eigenvalue weighted by molar-refractivity contribution is 5.82. The zero-order valence-corrected chi connectivity index (χ0v) is 16.9. The molecule has 2 aromatic rings. The van der Waals surface area contributed by atoms with Gasteiger partial charge in [-0.3, -0.25) is 4.79 Å². The second-order valence-electron chi connectivity index (χ2n) is 8.87. The van der Waals surface area contributed by atoms with Crippen molar-refractivity contribution >= 4 is 5.91 Å². The summed E-state index contributed by atoms with van der Waals surface area (Å²) in [6, 6.07) is 20.6. The van der Waals surface area contributed by atoms with Crippen molar-refractivity contribution in [2.75, 3.05) is 13.1 Å². The molecule has 0 saturated heterocycles. The number of benzene rings is 2. The van der Waals surface area contributed by atoms with E-state index in [1.807, 2.05) is 35.2 Å². The van der Waals surface area contributed by atoms with Gasteiger partial charge in [0.15, 0.2) is 0 Å². The van der Waals surface area contributed by atoms with Crippen molar-refractivity contribution in [3.63, 3.8) is 0 Å². The standard InChI is InChI=1S/C25H32N2O/c1-2-27(24(28)23(26)15-19-9-5-3-6-10-19)18-25-14-13-21(16-25)22(17-25)20-11-7-4-8-12-20/h3-12,21-23H,2,13-18,26H2,1H3/t21?,22?,23-,25?/m0/s1. The Labute approximate surface area is 168 Å². The van der Waals surface area contributed by atoms with Crippen molar-refractivity contribution in [2.24, 2.45) is 17.1 Å². The summed E-state index contributed by atoms with van der Waals surface area (Å²) in [5.74, 6) is 1.53. The van der Waals surface area contributed by atoms with Gasteiger partial charge >= 0.3 is 0 Å². The van der Waals surface area contributed by atoms with Crippen LogP contribution >= 0.6 is 0 Å². The number of hydrogen-bond acceptors (Lipinski definition) is 2. The fourth-order valence-corrected chi connectivity index (χ4v) is 5.65. The molecule has 2 aliphatic carbocycles. The van der Waals surface area contributed by atoms with Gasteiger partial charge in [-0.2, -0.15) is 0 Å². The predicted molar refractivity (Wildman–Crippen MR) is 114 cm³/mol. The van der Waals surface area contributed by atoms with E-state index in [9.17, 15) is 4.79 Å². The number of carbonyl (C=O) groups is 1. The SMILES string of the molecule is CCN(CC12CCC(C1)C(c1ccccc1)C2)C(=O)[C@@H](N)Cc1ccccc1. The van der Waals surface area contributed by atoms with Gasteiger partial charge in [0.1, 0.15) is 0 Å². The zero-order valence-electron chi connectivity index (χ0n) is 16.9. The van der Waals surface area contributed by atoms with Crippen LogP contribution < -0.4 is 5.73 Å². The van der Waals surface area contributed by atoms with Crippen LogP contribution in [-0.4, -0.2) is 29.9 Å². The minimum absolute atomic E-state index is 0.104. The van der Waals surface area contributed by atoms with E-state index in [-0.39, 0.29) is 11.3 Å². The lowest BCUT2D eigenvalue weighted by Gasteiger charge is -2.36. The smallest absolute Gasteiger partial charge is 0.239 e. The average Bonchev–Trinajstić information content (AvgIpc) is 3.31. The highest BCUT2D eigenvalue weighted by Gasteiger charge is 2.51. The number of carbonyl (C=O) groups excluding carboxylic acids is 1. The number of hydrogen-bond donors (Lipinski definition) is 1. The monoisotopic (exact) mass is 376 g/mol. The quantitative estimate of drug-likeness (QED) is 0.779. The van der Waals surface area contributed by atoms with Gasteiger partial charge in [0.2, 0.25) is 5.91 Å². The van der Waals surface area contributed by atoms with Gasteiger partial charge in [0.05, 0.1) is 6.04 Å². The Hall–Kier alpha value is -2.13. The van der Waals surface area contributed by atoms with Crippen LogP contribution in [-0.2, 0) is 11.2 Å². The molecule has 0 radical (unpaired) electrons. The third-order valence-electron chi connectivity index (χ3n) is 7.03. The molecule has 2 aromatic carbocycles. The normalized spacial score (nSPS) is 26.9. The lowest BCUT2D eigenvalue weighted by atomic mass is 9.77. The van der Waals surface area contributed by atoms with Crippen molar-refractivity contribution in [1.82, 2.24) is 4.90 Å². The van der Waals surface area contributed by atoms with Gasteiger partial charge in [0.25, 0.3) is 0 Å². The summed E-state index contributed by atoms with van der Waals surface area (Å²) in [7, 11) is 0. The fourth-order valence-electron chi connectivity index (χ4n) is 5.65. The van der Waals surface area contributed by atoms with Crippen molar-refractivity contribution in [2.45, 2.75) is 51.0 Å². The van der Waals surface area contributed by atoms with Crippen LogP contribution in [0.1, 0.15) is 49.7 Å². The first-order valence-corrected chi connectivity index (χ1v) is 10.7. The maximum atomic E-state index is 13.1. The molecular weight excluding hydrogens is 344 g/mol. The highest BCUT2D eigenvalue weighted by Crippen LogP contribution is 2.60. The minimum atomic E-state index is -0.456. The molecule has 3 unspecified atom stereocenters. The Bertz CT molecular complexity index is 791. The minimum Gasteiger partial charge on any atom is -0.341 e. The average molecular weight is 377 g/mol. The number of amides is 1. The van der Waals surface area contributed by atoms with Crippen LogP contribution in [0.3, 0.4) is 0 Å². The summed E-state index contributed by atoms with van der Waals surface area (Å²) < 4.78 is 0. The molecule has 2 fully saturated rings. The van der Waals surface area contributed by atoms with Gasteiger partial charge in [-0.15, -0.1) is 0 Å². The summed E-state index contributed by atoms with van der Waals surface area (Å²) in [6.07, 6.45) is 5.61. The van der Waals surface area contributed by atoms with E-state index < -0.39 is 6.04 Å². The number of fused-ring (bicyclic) bond motifs is 2. The van der Waals surface area contributed by atoms with Gasteiger partial charge in [-0.05, 0) is 67.4 Å². The Morgan fingerprint density at radius 3 is 2.46 bits per heavy atom. The Morgan fingerprint density at radius 1 is 1.11 bits per heavy atom. The summed E-state index contributed by atoms with van der Waals surface area (Å²) >= 11 is 0. The number of nitrogens with zero attached hydrogens (tertiary/aromatic N) is 1. The van der Waals surface area contributed by atoms with E-state index in [1.165, 1.54) is 31.2 Å². The molecule has 148 valence electrons. The summed E-state index contributed by atoms with van der Waals surface area (Å²) in [6.45, 7) is 3.69. The Kier molecular flexibility index (Phi) is 5.54. The van der Waals surface area contributed by atoms with Crippen LogP contribution in [0.4, 0.5) is 0 Å². The van der Waals surface area contributed by atoms with Gasteiger partial charge in [-0.1, -0.05) is 60.7 Å². The largest absolute Gasteiger partial charge is 0.341 e. The number of rotatable bonds is 7. The van der Waals surface area contributed by atoms with Gasteiger partial charge in [0, 0.05) is 13.1 Å². The second kappa shape index (κ2) is 8.08. The highest BCUT2D eigenvalue weighted by atomic mass is 16.2. The van der Waals surface area contributed by atoms with Gasteiger partial charge in [-0.25, -0.2) is 0 Å². The summed E-state index contributed by atoms with van der Waals surface area (Å²) in [5, 5.41) is 0. The topological polar surface area (TPSA) is 46.3 Å². The fraction of sp³-hybridized carbons (Fsp3) is 0.480. The third-order valence-corrected chi connectivity index (χ3v) is 7.03. The molecule has 2 N–H and O–H groups in total. The lowest BCUT2D eigenvalue weighted by molar-refractivity contribution is -0.134. The van der Waals surface area contributed by atoms with E-state index in [1.54, 1.807) is 0 Å². The molecule has 0 aliphatic heterocycles.